The molecule has 0 N–H and O–H groups in total. The van der Waals surface area contributed by atoms with Crippen LogP contribution < -0.4 is 34.7 Å². The molecule has 0 unspecified atom stereocenters. The van der Waals surface area contributed by atoms with Gasteiger partial charge in [0.2, 0.25) is 0 Å². The smallest absolute Gasteiger partial charge is 0.550 e. The van der Waals surface area contributed by atoms with Crippen LogP contribution in [0.3, 0.4) is 0 Å². The van der Waals surface area contributed by atoms with Gasteiger partial charge in [0.05, 0.1) is 0 Å². The summed E-state index contributed by atoms with van der Waals surface area (Å²) in [7, 11) is 0. The van der Waals surface area contributed by atoms with Gasteiger partial charge in [-0.3, -0.25) is 0 Å². The number of carbonyl (C=O) groups excluding carboxylic acids is 1. The van der Waals surface area contributed by atoms with Crippen molar-refractivity contribution in [3.63, 3.8) is 0 Å². The van der Waals surface area contributed by atoms with Crippen molar-refractivity contribution in [3.05, 3.63) is 0 Å². The van der Waals surface area contributed by atoms with E-state index in [2.05, 4.69) is 20.8 Å². The molecule has 0 spiro atoms. The maximum Gasteiger partial charge on any atom is 1.00 e. The standard InChI is InChI=1S/C14H28O2.Na/c1-14(2,3)12-10-8-6-4-5-7-9-11-13(15)16;/h4-12H2,1-3H3,(H,15,16);/q;+1/p-1. The number of unbranched alkanes of at least 4 members (excludes halogenated alkanes) is 6. The van der Waals surface area contributed by atoms with Gasteiger partial charge in [0.25, 0.3) is 0 Å². The molecule has 0 radical (unpaired) electrons. The number of hydrogen-bond acceptors (Lipinski definition) is 2. The van der Waals surface area contributed by atoms with E-state index < -0.39 is 5.97 Å². The van der Waals surface area contributed by atoms with Crippen molar-refractivity contribution in [3.8, 4) is 0 Å². The zero-order chi connectivity index (χ0) is 12.4. The topological polar surface area (TPSA) is 40.1 Å². The first kappa shape index (κ1) is 19.8. The second-order valence-electron chi connectivity index (χ2n) is 5.91. The monoisotopic (exact) mass is 250 g/mol. The molecule has 2 nitrogen and oxygen atoms in total. The van der Waals surface area contributed by atoms with Crippen molar-refractivity contribution in [1.82, 2.24) is 0 Å². The van der Waals surface area contributed by atoms with Crippen LogP contribution in [0.1, 0.15) is 78.6 Å². The molecule has 0 saturated carbocycles. The Kier molecular flexibility index (Phi) is 13.5. The molecule has 0 aromatic heterocycles. The number of carbonyl (C=O) groups is 1. The van der Waals surface area contributed by atoms with Crippen LogP contribution >= 0.6 is 0 Å². The third kappa shape index (κ3) is 19.0. The summed E-state index contributed by atoms with van der Waals surface area (Å²) in [5.74, 6) is -0.912. The van der Waals surface area contributed by atoms with E-state index >= 15 is 0 Å². The number of carboxylic acids is 1. The Labute approximate surface area is 129 Å². The molecule has 0 saturated heterocycles. The Hall–Kier alpha value is 0.470. The van der Waals surface area contributed by atoms with Crippen molar-refractivity contribution in [2.75, 3.05) is 0 Å². The molecular formula is C14H27NaO2. The maximum atomic E-state index is 10.2. The van der Waals surface area contributed by atoms with Crippen LogP contribution in [-0.4, -0.2) is 5.97 Å². The molecule has 0 heterocycles. The van der Waals surface area contributed by atoms with Gasteiger partial charge in [-0.2, -0.15) is 0 Å². The van der Waals surface area contributed by atoms with Gasteiger partial charge in [0.15, 0.2) is 0 Å². The molecule has 0 atom stereocenters. The predicted molar refractivity (Wildman–Crippen MR) is 66.0 cm³/mol. The first-order valence-corrected chi connectivity index (χ1v) is 6.62. The van der Waals surface area contributed by atoms with Gasteiger partial charge in [-0.25, -0.2) is 0 Å². The molecule has 0 rings (SSSR count). The molecule has 0 aliphatic rings. The minimum atomic E-state index is -0.912. The summed E-state index contributed by atoms with van der Waals surface area (Å²) in [6.45, 7) is 6.85. The zero-order valence-corrected chi connectivity index (χ0v) is 14.2. The zero-order valence-electron chi connectivity index (χ0n) is 12.2. The molecule has 0 aromatic rings. The summed E-state index contributed by atoms with van der Waals surface area (Å²) >= 11 is 0. The van der Waals surface area contributed by atoms with E-state index in [1.807, 2.05) is 0 Å². The van der Waals surface area contributed by atoms with Crippen LogP contribution in [0.25, 0.3) is 0 Å². The van der Waals surface area contributed by atoms with Gasteiger partial charge in [0.1, 0.15) is 0 Å². The average Bonchev–Trinajstić information content (AvgIpc) is 2.13. The SMILES string of the molecule is CC(C)(C)CCCCCCCCCC(=O)[O-].[Na+]. The Morgan fingerprint density at radius 1 is 0.882 bits per heavy atom. The summed E-state index contributed by atoms with van der Waals surface area (Å²) in [4.78, 5) is 10.2. The summed E-state index contributed by atoms with van der Waals surface area (Å²) < 4.78 is 0. The van der Waals surface area contributed by atoms with E-state index in [9.17, 15) is 9.90 Å². The van der Waals surface area contributed by atoms with Gasteiger partial charge in [-0.1, -0.05) is 59.3 Å². The second-order valence-corrected chi connectivity index (χ2v) is 5.91. The fraction of sp³-hybridized carbons (Fsp3) is 0.929. The van der Waals surface area contributed by atoms with Gasteiger partial charge in [-0.05, 0) is 24.7 Å². The van der Waals surface area contributed by atoms with Crippen LogP contribution in [0.2, 0.25) is 0 Å². The third-order valence-electron chi connectivity index (χ3n) is 2.81. The average molecular weight is 250 g/mol. The quantitative estimate of drug-likeness (QED) is 0.436. The molecule has 0 fully saturated rings. The molecule has 96 valence electrons. The van der Waals surface area contributed by atoms with Crippen molar-refractivity contribution < 1.29 is 39.5 Å². The number of hydrogen-bond donors (Lipinski definition) is 0. The minimum Gasteiger partial charge on any atom is -0.550 e. The van der Waals surface area contributed by atoms with Gasteiger partial charge in [-0.15, -0.1) is 0 Å². The molecular weight excluding hydrogens is 223 g/mol. The molecule has 0 amide bonds. The minimum absolute atomic E-state index is 0. The van der Waals surface area contributed by atoms with E-state index in [1.54, 1.807) is 0 Å². The summed E-state index contributed by atoms with van der Waals surface area (Å²) in [6.07, 6.45) is 9.70. The van der Waals surface area contributed by atoms with E-state index in [1.165, 1.54) is 38.5 Å². The molecule has 17 heavy (non-hydrogen) atoms. The normalized spacial score (nSPS) is 11.0. The van der Waals surface area contributed by atoms with Crippen LogP contribution in [0.15, 0.2) is 0 Å². The Morgan fingerprint density at radius 3 is 1.71 bits per heavy atom. The molecule has 0 aliphatic carbocycles. The third-order valence-corrected chi connectivity index (χ3v) is 2.81. The van der Waals surface area contributed by atoms with Gasteiger partial charge >= 0.3 is 29.6 Å². The van der Waals surface area contributed by atoms with E-state index in [-0.39, 0.29) is 36.0 Å². The summed E-state index contributed by atoms with van der Waals surface area (Å²) in [5.41, 5.74) is 0.467. The number of aliphatic carboxylic acids is 1. The maximum absolute atomic E-state index is 10.2. The number of rotatable bonds is 9. The first-order chi connectivity index (χ1) is 7.42. The van der Waals surface area contributed by atoms with Crippen LogP contribution in [0.5, 0.6) is 0 Å². The first-order valence-electron chi connectivity index (χ1n) is 6.62. The Morgan fingerprint density at radius 2 is 1.29 bits per heavy atom. The molecule has 0 aromatic carbocycles. The van der Waals surface area contributed by atoms with Crippen molar-refractivity contribution in [2.45, 2.75) is 78.6 Å². The summed E-state index contributed by atoms with van der Waals surface area (Å²) in [6, 6.07) is 0. The van der Waals surface area contributed by atoms with Crippen molar-refractivity contribution in [2.24, 2.45) is 5.41 Å². The molecule has 0 bridgehead atoms. The van der Waals surface area contributed by atoms with Gasteiger partial charge < -0.3 is 9.90 Å². The second kappa shape index (κ2) is 11.6. The number of carboxylic acid groups (broad SMARTS) is 1. The Balaban J connectivity index is 0. The largest absolute Gasteiger partial charge is 1.00 e. The predicted octanol–water partition coefficient (Wildman–Crippen LogP) is 0.297. The summed E-state index contributed by atoms with van der Waals surface area (Å²) in [5, 5.41) is 10.2. The fourth-order valence-corrected chi connectivity index (χ4v) is 1.81. The molecule has 0 aliphatic heterocycles. The van der Waals surface area contributed by atoms with E-state index in [4.69, 9.17) is 0 Å². The van der Waals surface area contributed by atoms with Crippen LogP contribution in [0, 0.1) is 5.41 Å². The van der Waals surface area contributed by atoms with Crippen molar-refractivity contribution >= 4 is 5.97 Å². The van der Waals surface area contributed by atoms with Crippen LogP contribution in [-0.2, 0) is 4.79 Å². The fourth-order valence-electron chi connectivity index (χ4n) is 1.81. The van der Waals surface area contributed by atoms with E-state index in [0.717, 1.165) is 12.8 Å². The van der Waals surface area contributed by atoms with Crippen molar-refractivity contribution in [1.29, 1.82) is 0 Å². The van der Waals surface area contributed by atoms with Crippen LogP contribution in [0.4, 0.5) is 0 Å². The molecule has 3 heteroatoms. The Bertz CT molecular complexity index is 185. The van der Waals surface area contributed by atoms with E-state index in [0.29, 0.717) is 5.41 Å². The van der Waals surface area contributed by atoms with Gasteiger partial charge in [0, 0.05) is 5.97 Å².